The van der Waals surface area contributed by atoms with E-state index in [1.807, 2.05) is 13.8 Å². The van der Waals surface area contributed by atoms with Crippen LogP contribution in [0.1, 0.15) is 32.3 Å². The molecule has 0 aromatic heterocycles. The van der Waals surface area contributed by atoms with E-state index in [1.54, 1.807) is 6.08 Å². The number of carbonyl (C=O) groups is 1. The number of aliphatic hydroxyl groups is 1. The molecule has 5 heteroatoms. The number of amides is 1. The third kappa shape index (κ3) is 5.86. The number of aliphatic hydroxyl groups excluding tert-OH is 1. The van der Waals surface area contributed by atoms with Crippen LogP contribution in [0.5, 0.6) is 0 Å². The largest absolute Gasteiger partial charge is 0.391 e. The Morgan fingerprint density at radius 3 is 2.67 bits per heavy atom. The third-order valence-corrected chi connectivity index (χ3v) is 3.74. The number of hydrogen-bond donors (Lipinski definition) is 2. The molecule has 0 aliphatic rings. The van der Waals surface area contributed by atoms with Crippen LogP contribution in [0.4, 0.5) is 4.39 Å². The first-order chi connectivity index (χ1) is 9.97. The van der Waals surface area contributed by atoms with Crippen LogP contribution in [-0.2, 0) is 4.79 Å². The average molecular weight is 314 g/mol. The van der Waals surface area contributed by atoms with Crippen molar-refractivity contribution in [1.82, 2.24) is 5.32 Å². The number of hydrogen-bond acceptors (Lipinski definition) is 2. The normalized spacial score (nSPS) is 12.9. The average Bonchev–Trinajstić information content (AvgIpc) is 2.47. The van der Waals surface area contributed by atoms with Gasteiger partial charge in [-0.25, -0.2) is 4.39 Å². The van der Waals surface area contributed by atoms with Gasteiger partial charge >= 0.3 is 0 Å². The zero-order chi connectivity index (χ0) is 15.8. The van der Waals surface area contributed by atoms with E-state index in [9.17, 15) is 14.3 Å². The molecule has 21 heavy (non-hydrogen) atoms. The van der Waals surface area contributed by atoms with Crippen LogP contribution >= 0.6 is 11.6 Å². The molecule has 1 aromatic carbocycles. The second kappa shape index (κ2) is 8.80. The van der Waals surface area contributed by atoms with Crippen molar-refractivity contribution in [3.63, 3.8) is 0 Å². The zero-order valence-electron chi connectivity index (χ0n) is 12.3. The smallest absolute Gasteiger partial charge is 0.244 e. The highest BCUT2D eigenvalue weighted by Gasteiger charge is 2.15. The lowest BCUT2D eigenvalue weighted by molar-refractivity contribution is -0.117. The topological polar surface area (TPSA) is 49.3 Å². The molecule has 0 saturated carbocycles. The van der Waals surface area contributed by atoms with Gasteiger partial charge in [-0.1, -0.05) is 44.4 Å². The lowest BCUT2D eigenvalue weighted by Gasteiger charge is -2.19. The van der Waals surface area contributed by atoms with Gasteiger partial charge in [-0.15, -0.1) is 0 Å². The molecular formula is C16H21ClFNO2. The number of carbonyl (C=O) groups excluding carboxylic acids is 1. The van der Waals surface area contributed by atoms with Gasteiger partial charge in [0.25, 0.3) is 0 Å². The summed E-state index contributed by atoms with van der Waals surface area (Å²) in [6, 6.07) is 4.22. The number of benzene rings is 1. The van der Waals surface area contributed by atoms with Crippen molar-refractivity contribution in [2.24, 2.45) is 5.92 Å². The minimum atomic E-state index is -0.544. The highest BCUT2D eigenvalue weighted by atomic mass is 35.5. The highest BCUT2D eigenvalue weighted by molar-refractivity contribution is 6.30. The minimum Gasteiger partial charge on any atom is -0.391 e. The molecule has 0 spiro atoms. The van der Waals surface area contributed by atoms with E-state index in [2.05, 4.69) is 5.32 Å². The monoisotopic (exact) mass is 313 g/mol. The Bertz CT molecular complexity index is 501. The first-order valence-corrected chi connectivity index (χ1v) is 7.44. The van der Waals surface area contributed by atoms with E-state index in [0.29, 0.717) is 5.56 Å². The molecule has 1 aromatic rings. The van der Waals surface area contributed by atoms with Crippen molar-refractivity contribution in [2.75, 3.05) is 6.54 Å². The van der Waals surface area contributed by atoms with Crippen LogP contribution in [-0.4, -0.2) is 23.7 Å². The fraction of sp³-hybridized carbons (Fsp3) is 0.438. The van der Waals surface area contributed by atoms with Crippen molar-refractivity contribution in [3.8, 4) is 0 Å². The summed E-state index contributed by atoms with van der Waals surface area (Å²) in [4.78, 5) is 11.7. The molecule has 0 aliphatic heterocycles. The standard InChI is InChI=1S/C16H21ClFNO2/c1-3-12(4-2)15(20)10-19-16(21)8-6-11-5-7-14(18)13(17)9-11/h5-9,12,15,20H,3-4,10H2,1-2H3,(H,19,21)/b8-6+. The Morgan fingerprint density at radius 2 is 2.10 bits per heavy atom. The quantitative estimate of drug-likeness (QED) is 0.758. The van der Waals surface area contributed by atoms with Gasteiger partial charge in [0.2, 0.25) is 5.91 Å². The Labute approximate surface area is 129 Å². The molecule has 2 N–H and O–H groups in total. The lowest BCUT2D eigenvalue weighted by Crippen LogP contribution is -2.35. The van der Waals surface area contributed by atoms with E-state index < -0.39 is 11.9 Å². The van der Waals surface area contributed by atoms with Gasteiger partial charge in [-0.05, 0) is 29.7 Å². The van der Waals surface area contributed by atoms with E-state index in [1.165, 1.54) is 24.3 Å². The van der Waals surface area contributed by atoms with Crippen LogP contribution in [0.3, 0.4) is 0 Å². The van der Waals surface area contributed by atoms with E-state index in [0.717, 1.165) is 12.8 Å². The van der Waals surface area contributed by atoms with Gasteiger partial charge in [0.05, 0.1) is 11.1 Å². The van der Waals surface area contributed by atoms with Gasteiger partial charge in [0, 0.05) is 12.6 Å². The summed E-state index contributed by atoms with van der Waals surface area (Å²) >= 11 is 5.66. The van der Waals surface area contributed by atoms with Crippen LogP contribution in [0.25, 0.3) is 6.08 Å². The van der Waals surface area contributed by atoms with Crippen LogP contribution in [0.2, 0.25) is 5.02 Å². The summed E-state index contributed by atoms with van der Waals surface area (Å²) in [7, 11) is 0. The SMILES string of the molecule is CCC(CC)C(O)CNC(=O)/C=C/c1ccc(F)c(Cl)c1. The first kappa shape index (κ1) is 17.7. The van der Waals surface area contributed by atoms with Crippen molar-refractivity contribution in [1.29, 1.82) is 0 Å². The Hall–Kier alpha value is -1.39. The maximum absolute atomic E-state index is 13.0. The molecule has 1 rings (SSSR count). The molecule has 0 heterocycles. The van der Waals surface area contributed by atoms with Gasteiger partial charge in [0.1, 0.15) is 5.82 Å². The molecule has 0 bridgehead atoms. The highest BCUT2D eigenvalue weighted by Crippen LogP contribution is 2.16. The Kier molecular flexibility index (Phi) is 7.40. The third-order valence-electron chi connectivity index (χ3n) is 3.45. The van der Waals surface area contributed by atoms with E-state index in [4.69, 9.17) is 11.6 Å². The summed E-state index contributed by atoms with van der Waals surface area (Å²) in [5, 5.41) is 12.6. The summed E-state index contributed by atoms with van der Waals surface area (Å²) in [6.45, 7) is 4.24. The molecule has 1 atom stereocenters. The molecule has 0 aliphatic carbocycles. The van der Waals surface area contributed by atoms with Gasteiger partial charge in [-0.2, -0.15) is 0 Å². The number of nitrogens with one attached hydrogen (secondary N) is 1. The van der Waals surface area contributed by atoms with Crippen molar-refractivity contribution < 1.29 is 14.3 Å². The molecule has 0 radical (unpaired) electrons. The number of rotatable bonds is 7. The molecule has 1 amide bonds. The zero-order valence-corrected chi connectivity index (χ0v) is 13.0. The second-order valence-electron chi connectivity index (χ2n) is 4.90. The van der Waals surface area contributed by atoms with E-state index >= 15 is 0 Å². The molecule has 0 fully saturated rings. The minimum absolute atomic E-state index is 0.0155. The Morgan fingerprint density at radius 1 is 1.43 bits per heavy atom. The predicted octanol–water partition coefficient (Wildman–Crippen LogP) is 3.41. The molecular weight excluding hydrogens is 293 g/mol. The fourth-order valence-corrected chi connectivity index (χ4v) is 2.24. The van der Waals surface area contributed by atoms with Gasteiger partial charge in [-0.3, -0.25) is 4.79 Å². The second-order valence-corrected chi connectivity index (χ2v) is 5.30. The maximum atomic E-state index is 13.0. The fourth-order valence-electron chi connectivity index (χ4n) is 2.05. The number of halogens is 2. The molecule has 1 unspecified atom stereocenters. The summed E-state index contributed by atoms with van der Waals surface area (Å²) in [5.41, 5.74) is 0.636. The molecule has 3 nitrogen and oxygen atoms in total. The summed E-state index contributed by atoms with van der Waals surface area (Å²) < 4.78 is 13.0. The summed E-state index contributed by atoms with van der Waals surface area (Å²) in [5.74, 6) is -0.614. The van der Waals surface area contributed by atoms with Crippen molar-refractivity contribution in [2.45, 2.75) is 32.8 Å². The van der Waals surface area contributed by atoms with Crippen molar-refractivity contribution in [3.05, 3.63) is 40.7 Å². The van der Waals surface area contributed by atoms with Crippen LogP contribution in [0, 0.1) is 11.7 Å². The van der Waals surface area contributed by atoms with Crippen molar-refractivity contribution >= 4 is 23.6 Å². The van der Waals surface area contributed by atoms with E-state index in [-0.39, 0.29) is 23.4 Å². The van der Waals surface area contributed by atoms with Crippen LogP contribution < -0.4 is 5.32 Å². The van der Waals surface area contributed by atoms with Crippen LogP contribution in [0.15, 0.2) is 24.3 Å². The lowest BCUT2D eigenvalue weighted by atomic mass is 9.96. The van der Waals surface area contributed by atoms with Gasteiger partial charge < -0.3 is 10.4 Å². The Balaban J connectivity index is 2.49. The molecule has 116 valence electrons. The molecule has 0 saturated heterocycles. The summed E-state index contributed by atoms with van der Waals surface area (Å²) in [6.07, 6.45) is 4.08. The van der Waals surface area contributed by atoms with Gasteiger partial charge in [0.15, 0.2) is 0 Å². The maximum Gasteiger partial charge on any atom is 0.244 e. The predicted molar refractivity (Wildman–Crippen MR) is 83.5 cm³/mol. The first-order valence-electron chi connectivity index (χ1n) is 7.06.